The van der Waals surface area contributed by atoms with Gasteiger partial charge < -0.3 is 10.6 Å². The first kappa shape index (κ1) is 17.6. The number of pyridine rings is 1. The van der Waals surface area contributed by atoms with Gasteiger partial charge in [-0.1, -0.05) is 15.9 Å². The van der Waals surface area contributed by atoms with Crippen LogP contribution in [0.2, 0.25) is 0 Å². The van der Waals surface area contributed by atoms with E-state index in [4.69, 9.17) is 0 Å². The topological polar surface area (TPSA) is 71.1 Å². The molecule has 0 bridgehead atoms. The fourth-order valence-electron chi connectivity index (χ4n) is 1.80. The lowest BCUT2D eigenvalue weighted by Gasteiger charge is -2.07. The Morgan fingerprint density at radius 3 is 2.09 bits per heavy atom. The monoisotopic (exact) mass is 439 g/mol. The summed E-state index contributed by atoms with van der Waals surface area (Å²) in [7, 11) is 0. The van der Waals surface area contributed by atoms with E-state index in [2.05, 4.69) is 47.5 Å². The van der Waals surface area contributed by atoms with Gasteiger partial charge in [0.15, 0.2) is 0 Å². The average molecular weight is 441 g/mol. The van der Waals surface area contributed by atoms with Crippen LogP contribution in [0, 0.1) is 0 Å². The number of nitrogens with one attached hydrogen (secondary N) is 2. The molecule has 2 aromatic rings. The van der Waals surface area contributed by atoms with Gasteiger partial charge >= 0.3 is 0 Å². The summed E-state index contributed by atoms with van der Waals surface area (Å²) in [6.07, 6.45) is 2.22. The molecular formula is C16H15Br2N3O2. The summed E-state index contributed by atoms with van der Waals surface area (Å²) in [6.45, 7) is 0.958. The Morgan fingerprint density at radius 2 is 1.48 bits per heavy atom. The Balaban J connectivity index is 1.67. The SMILES string of the molecule is O=C(NCCCNC(=O)c1ccc(Br)cn1)c1ccc(Br)cc1. The lowest BCUT2D eigenvalue weighted by molar-refractivity contribution is 0.0948. The number of nitrogens with zero attached hydrogens (tertiary/aromatic N) is 1. The fraction of sp³-hybridized carbons (Fsp3) is 0.188. The third kappa shape index (κ3) is 5.76. The van der Waals surface area contributed by atoms with Crippen molar-refractivity contribution in [2.75, 3.05) is 13.1 Å². The van der Waals surface area contributed by atoms with Gasteiger partial charge in [-0.05, 0) is 58.7 Å². The predicted molar refractivity (Wildman–Crippen MR) is 95.4 cm³/mol. The quantitative estimate of drug-likeness (QED) is 0.677. The number of amides is 2. The highest BCUT2D eigenvalue weighted by molar-refractivity contribution is 9.10. The van der Waals surface area contributed by atoms with Crippen LogP contribution in [0.5, 0.6) is 0 Å². The second-order valence-electron chi connectivity index (χ2n) is 4.73. The summed E-state index contributed by atoms with van der Waals surface area (Å²) in [5.41, 5.74) is 0.975. The Kier molecular flexibility index (Phi) is 6.73. The summed E-state index contributed by atoms with van der Waals surface area (Å²) in [5, 5.41) is 5.58. The zero-order chi connectivity index (χ0) is 16.7. The third-order valence-electron chi connectivity index (χ3n) is 2.99. The number of carbonyl (C=O) groups is 2. The van der Waals surface area contributed by atoms with E-state index in [0.717, 1.165) is 8.95 Å². The zero-order valence-electron chi connectivity index (χ0n) is 12.2. The normalized spacial score (nSPS) is 10.2. The Labute approximate surface area is 151 Å². The highest BCUT2D eigenvalue weighted by atomic mass is 79.9. The Morgan fingerprint density at radius 1 is 0.870 bits per heavy atom. The van der Waals surface area contributed by atoms with Crippen molar-refractivity contribution in [3.63, 3.8) is 0 Å². The van der Waals surface area contributed by atoms with Gasteiger partial charge in [0.1, 0.15) is 5.69 Å². The van der Waals surface area contributed by atoms with Gasteiger partial charge in [-0.15, -0.1) is 0 Å². The fourth-order valence-corrected chi connectivity index (χ4v) is 2.30. The van der Waals surface area contributed by atoms with Crippen molar-refractivity contribution >= 4 is 43.7 Å². The summed E-state index contributed by atoms with van der Waals surface area (Å²) in [5.74, 6) is -0.352. The van der Waals surface area contributed by atoms with Crippen LogP contribution in [0.4, 0.5) is 0 Å². The summed E-state index contributed by atoms with van der Waals surface area (Å²) >= 11 is 6.59. The molecule has 0 saturated carbocycles. The van der Waals surface area contributed by atoms with Crippen LogP contribution in [0.1, 0.15) is 27.3 Å². The molecule has 1 aromatic carbocycles. The summed E-state index contributed by atoms with van der Waals surface area (Å²) < 4.78 is 1.75. The Bertz CT molecular complexity index is 613. The summed E-state index contributed by atoms with van der Waals surface area (Å²) in [4.78, 5) is 27.7. The van der Waals surface area contributed by atoms with E-state index in [1.54, 1.807) is 30.5 Å². The van der Waals surface area contributed by atoms with Crippen molar-refractivity contribution in [1.82, 2.24) is 15.6 Å². The molecule has 0 aliphatic heterocycles. The number of carbonyl (C=O) groups excluding carboxylic acids is 2. The van der Waals surface area contributed by atoms with Crippen molar-refractivity contribution in [2.24, 2.45) is 0 Å². The van der Waals surface area contributed by atoms with E-state index >= 15 is 0 Å². The van der Waals surface area contributed by atoms with Crippen LogP contribution in [0.15, 0.2) is 51.5 Å². The lowest BCUT2D eigenvalue weighted by Crippen LogP contribution is -2.30. The molecule has 2 N–H and O–H groups in total. The van der Waals surface area contributed by atoms with Crippen LogP contribution in [0.25, 0.3) is 0 Å². The molecule has 7 heteroatoms. The summed E-state index contributed by atoms with van der Waals surface area (Å²) in [6, 6.07) is 10.6. The van der Waals surface area contributed by atoms with E-state index in [0.29, 0.717) is 30.8 Å². The van der Waals surface area contributed by atoms with Crippen LogP contribution >= 0.6 is 31.9 Å². The van der Waals surface area contributed by atoms with E-state index in [-0.39, 0.29) is 11.8 Å². The lowest BCUT2D eigenvalue weighted by atomic mass is 10.2. The van der Waals surface area contributed by atoms with Crippen molar-refractivity contribution in [3.05, 3.63) is 62.8 Å². The molecule has 1 heterocycles. The van der Waals surface area contributed by atoms with E-state index in [1.165, 1.54) is 0 Å². The van der Waals surface area contributed by atoms with Gasteiger partial charge in [0.2, 0.25) is 0 Å². The molecule has 120 valence electrons. The molecule has 0 radical (unpaired) electrons. The highest BCUT2D eigenvalue weighted by Gasteiger charge is 2.07. The molecule has 0 fully saturated rings. The molecule has 0 atom stereocenters. The number of hydrogen-bond donors (Lipinski definition) is 2. The molecule has 0 spiro atoms. The Hall–Kier alpha value is -1.73. The molecule has 0 unspecified atom stereocenters. The number of benzene rings is 1. The van der Waals surface area contributed by atoms with Crippen LogP contribution in [-0.4, -0.2) is 29.9 Å². The van der Waals surface area contributed by atoms with Crippen molar-refractivity contribution in [3.8, 4) is 0 Å². The van der Waals surface area contributed by atoms with E-state index in [1.807, 2.05) is 12.1 Å². The molecule has 5 nitrogen and oxygen atoms in total. The predicted octanol–water partition coefficient (Wildman–Crippen LogP) is 3.16. The minimum atomic E-state index is -0.225. The number of rotatable bonds is 6. The van der Waals surface area contributed by atoms with Gasteiger partial charge in [-0.25, -0.2) is 4.98 Å². The molecule has 0 aliphatic carbocycles. The van der Waals surface area contributed by atoms with Crippen LogP contribution in [0.3, 0.4) is 0 Å². The minimum absolute atomic E-state index is 0.126. The van der Waals surface area contributed by atoms with Gasteiger partial charge in [-0.3, -0.25) is 9.59 Å². The number of halogens is 2. The molecule has 2 rings (SSSR count). The standard InChI is InChI=1S/C16H15Br2N3O2/c17-12-4-2-11(3-5-12)15(22)19-8-1-9-20-16(23)14-7-6-13(18)10-21-14/h2-7,10H,1,8-9H2,(H,19,22)(H,20,23). The van der Waals surface area contributed by atoms with E-state index < -0.39 is 0 Å². The molecule has 23 heavy (non-hydrogen) atoms. The van der Waals surface area contributed by atoms with Crippen molar-refractivity contribution < 1.29 is 9.59 Å². The first-order valence-electron chi connectivity index (χ1n) is 7.00. The van der Waals surface area contributed by atoms with E-state index in [9.17, 15) is 9.59 Å². The zero-order valence-corrected chi connectivity index (χ0v) is 15.4. The second-order valence-corrected chi connectivity index (χ2v) is 6.57. The van der Waals surface area contributed by atoms with Crippen molar-refractivity contribution in [1.29, 1.82) is 0 Å². The molecule has 1 aromatic heterocycles. The molecular weight excluding hydrogens is 426 g/mol. The maximum Gasteiger partial charge on any atom is 0.269 e. The first-order valence-corrected chi connectivity index (χ1v) is 8.58. The first-order chi connectivity index (χ1) is 11.1. The van der Waals surface area contributed by atoms with Gasteiger partial charge in [-0.2, -0.15) is 0 Å². The smallest absolute Gasteiger partial charge is 0.269 e. The largest absolute Gasteiger partial charge is 0.352 e. The van der Waals surface area contributed by atoms with Crippen molar-refractivity contribution in [2.45, 2.75) is 6.42 Å². The van der Waals surface area contributed by atoms with Crippen LogP contribution in [-0.2, 0) is 0 Å². The molecule has 0 saturated heterocycles. The number of hydrogen-bond acceptors (Lipinski definition) is 3. The maximum atomic E-state index is 11.9. The van der Waals surface area contributed by atoms with Gasteiger partial charge in [0, 0.05) is 33.8 Å². The second kappa shape index (κ2) is 8.79. The van der Waals surface area contributed by atoms with Gasteiger partial charge in [0.05, 0.1) is 0 Å². The molecule has 2 amide bonds. The van der Waals surface area contributed by atoms with Crippen LogP contribution < -0.4 is 10.6 Å². The third-order valence-corrected chi connectivity index (χ3v) is 3.99. The average Bonchev–Trinajstić information content (AvgIpc) is 2.55. The molecule has 0 aliphatic rings. The van der Waals surface area contributed by atoms with Gasteiger partial charge in [0.25, 0.3) is 11.8 Å². The number of aromatic nitrogens is 1. The minimum Gasteiger partial charge on any atom is -0.352 e. The maximum absolute atomic E-state index is 11.9. The highest BCUT2D eigenvalue weighted by Crippen LogP contribution is 2.10.